The Kier molecular flexibility index (Phi) is 16.9. The third-order valence-electron chi connectivity index (χ3n) is 4.18. The van der Waals surface area contributed by atoms with Gasteiger partial charge in [0.1, 0.15) is 11.3 Å². The van der Waals surface area contributed by atoms with Gasteiger partial charge in [0.25, 0.3) is 0 Å². The van der Waals surface area contributed by atoms with Crippen LogP contribution in [0.3, 0.4) is 0 Å². The van der Waals surface area contributed by atoms with E-state index < -0.39 is 5.97 Å². The van der Waals surface area contributed by atoms with E-state index in [0.29, 0.717) is 6.61 Å². The molecule has 0 fully saturated rings. The molecule has 1 rings (SSSR count). The summed E-state index contributed by atoms with van der Waals surface area (Å²) in [6, 6.07) is 6.45. The number of hydrogen-bond donors (Lipinski definition) is 1. The standard InChI is InChI=1S/C15H22O3.C9H16O/c1-2-3-4-5-6-9-12-18-15(17)13-10-7-8-11-14(13)16;1-3-4-5-6-7-8-9(2)10/h7-8,10-11,16H,2-6,9,12H2,1H3;7-8H,3-6H2,1-2H3. The van der Waals surface area contributed by atoms with E-state index in [9.17, 15) is 14.7 Å². The molecule has 1 aromatic rings. The van der Waals surface area contributed by atoms with E-state index in [1.807, 2.05) is 6.08 Å². The molecule has 0 atom stereocenters. The zero-order valence-corrected chi connectivity index (χ0v) is 17.9. The van der Waals surface area contributed by atoms with Crippen molar-refractivity contribution in [1.82, 2.24) is 0 Å². The van der Waals surface area contributed by atoms with Crippen LogP contribution >= 0.6 is 0 Å². The summed E-state index contributed by atoms with van der Waals surface area (Å²) in [6.07, 6.45) is 15.3. The Morgan fingerprint density at radius 3 is 2.18 bits per heavy atom. The van der Waals surface area contributed by atoms with Gasteiger partial charge in [-0.1, -0.05) is 77.0 Å². The number of para-hydroxylation sites is 1. The lowest BCUT2D eigenvalue weighted by atomic mass is 10.1. The van der Waals surface area contributed by atoms with E-state index in [-0.39, 0.29) is 17.1 Å². The Hall–Kier alpha value is -2.10. The third-order valence-corrected chi connectivity index (χ3v) is 4.18. The Bertz CT molecular complexity index is 563. The fraction of sp³-hybridized carbons (Fsp3) is 0.583. The average Bonchev–Trinajstić information content (AvgIpc) is 2.67. The largest absolute Gasteiger partial charge is 0.507 e. The van der Waals surface area contributed by atoms with Crippen LogP contribution in [0.2, 0.25) is 0 Å². The predicted molar refractivity (Wildman–Crippen MR) is 116 cm³/mol. The van der Waals surface area contributed by atoms with Gasteiger partial charge in [-0.15, -0.1) is 0 Å². The fourth-order valence-corrected chi connectivity index (χ4v) is 2.53. The zero-order chi connectivity index (χ0) is 21.0. The van der Waals surface area contributed by atoms with Crippen molar-refractivity contribution in [1.29, 1.82) is 0 Å². The van der Waals surface area contributed by atoms with Crippen LogP contribution in [0, 0.1) is 0 Å². The number of carbonyl (C=O) groups excluding carboxylic acids is 2. The summed E-state index contributed by atoms with van der Waals surface area (Å²) in [5.74, 6) is -0.316. The number of benzene rings is 1. The van der Waals surface area contributed by atoms with Crippen molar-refractivity contribution in [2.45, 2.75) is 85.0 Å². The second-order valence-corrected chi connectivity index (χ2v) is 6.93. The highest BCUT2D eigenvalue weighted by Crippen LogP contribution is 2.16. The molecule has 0 aliphatic carbocycles. The van der Waals surface area contributed by atoms with Crippen LogP contribution in [-0.2, 0) is 9.53 Å². The fourth-order valence-electron chi connectivity index (χ4n) is 2.53. The molecule has 28 heavy (non-hydrogen) atoms. The van der Waals surface area contributed by atoms with Crippen molar-refractivity contribution in [2.24, 2.45) is 0 Å². The van der Waals surface area contributed by atoms with Crippen LogP contribution in [-0.4, -0.2) is 23.5 Å². The Morgan fingerprint density at radius 1 is 0.929 bits per heavy atom. The summed E-state index contributed by atoms with van der Waals surface area (Å²) in [6.45, 7) is 6.37. The van der Waals surface area contributed by atoms with E-state index in [2.05, 4.69) is 13.8 Å². The number of rotatable bonds is 13. The Labute approximate surface area is 171 Å². The lowest BCUT2D eigenvalue weighted by molar-refractivity contribution is -0.112. The maximum Gasteiger partial charge on any atom is 0.341 e. The smallest absolute Gasteiger partial charge is 0.341 e. The number of aromatic hydroxyl groups is 1. The van der Waals surface area contributed by atoms with Crippen molar-refractivity contribution in [3.05, 3.63) is 42.0 Å². The monoisotopic (exact) mass is 390 g/mol. The first-order chi connectivity index (χ1) is 13.5. The number of phenolic OH excluding ortho intramolecular Hbond substituents is 1. The molecule has 0 radical (unpaired) electrons. The lowest BCUT2D eigenvalue weighted by Crippen LogP contribution is -2.06. The van der Waals surface area contributed by atoms with Crippen LogP contribution in [0.1, 0.15) is 95.3 Å². The van der Waals surface area contributed by atoms with Gasteiger partial charge in [0.05, 0.1) is 6.61 Å². The summed E-state index contributed by atoms with van der Waals surface area (Å²) < 4.78 is 5.12. The van der Waals surface area contributed by atoms with Crippen LogP contribution < -0.4 is 0 Å². The van der Waals surface area contributed by atoms with Crippen LogP contribution in [0.25, 0.3) is 0 Å². The van der Waals surface area contributed by atoms with E-state index in [1.54, 1.807) is 31.2 Å². The van der Waals surface area contributed by atoms with E-state index in [1.165, 1.54) is 51.0 Å². The van der Waals surface area contributed by atoms with Gasteiger partial charge in [-0.05, 0) is 44.4 Å². The summed E-state index contributed by atoms with van der Waals surface area (Å²) in [5.41, 5.74) is 0.239. The Morgan fingerprint density at radius 2 is 1.54 bits per heavy atom. The predicted octanol–water partition coefficient (Wildman–Crippen LogP) is 6.62. The number of phenols is 1. The molecular formula is C24H38O4. The number of ether oxygens (including phenoxy) is 1. The normalized spacial score (nSPS) is 10.4. The average molecular weight is 391 g/mol. The number of allylic oxidation sites excluding steroid dienone is 2. The molecule has 1 aromatic carbocycles. The number of carbonyl (C=O) groups is 2. The zero-order valence-electron chi connectivity index (χ0n) is 17.9. The molecule has 0 heterocycles. The van der Waals surface area contributed by atoms with E-state index in [0.717, 1.165) is 19.3 Å². The molecule has 0 unspecified atom stereocenters. The lowest BCUT2D eigenvalue weighted by Gasteiger charge is -2.06. The molecule has 0 aliphatic heterocycles. The molecule has 0 bridgehead atoms. The van der Waals surface area contributed by atoms with Gasteiger partial charge in [0.15, 0.2) is 5.78 Å². The molecule has 0 amide bonds. The van der Waals surface area contributed by atoms with Gasteiger partial charge in [-0.2, -0.15) is 0 Å². The van der Waals surface area contributed by atoms with Gasteiger partial charge in [-0.3, -0.25) is 4.79 Å². The highest BCUT2D eigenvalue weighted by atomic mass is 16.5. The van der Waals surface area contributed by atoms with E-state index >= 15 is 0 Å². The van der Waals surface area contributed by atoms with Crippen molar-refractivity contribution in [2.75, 3.05) is 6.61 Å². The van der Waals surface area contributed by atoms with Crippen LogP contribution in [0.5, 0.6) is 5.75 Å². The van der Waals surface area contributed by atoms with Gasteiger partial charge >= 0.3 is 5.97 Å². The highest BCUT2D eigenvalue weighted by Gasteiger charge is 2.10. The molecular weight excluding hydrogens is 352 g/mol. The van der Waals surface area contributed by atoms with Gasteiger partial charge < -0.3 is 9.84 Å². The topological polar surface area (TPSA) is 63.6 Å². The number of esters is 1. The second-order valence-electron chi connectivity index (χ2n) is 6.93. The minimum atomic E-state index is -0.443. The number of hydrogen-bond acceptors (Lipinski definition) is 4. The quantitative estimate of drug-likeness (QED) is 0.233. The van der Waals surface area contributed by atoms with Crippen LogP contribution in [0.15, 0.2) is 36.4 Å². The van der Waals surface area contributed by atoms with E-state index in [4.69, 9.17) is 4.74 Å². The van der Waals surface area contributed by atoms with Crippen molar-refractivity contribution >= 4 is 11.8 Å². The van der Waals surface area contributed by atoms with Crippen molar-refractivity contribution in [3.8, 4) is 5.75 Å². The van der Waals surface area contributed by atoms with Gasteiger partial charge in [0, 0.05) is 0 Å². The summed E-state index contributed by atoms with van der Waals surface area (Å²) >= 11 is 0. The van der Waals surface area contributed by atoms with Crippen LogP contribution in [0.4, 0.5) is 0 Å². The molecule has 0 aromatic heterocycles. The third kappa shape index (κ3) is 15.0. The molecule has 4 heteroatoms. The molecule has 1 N–H and O–H groups in total. The molecule has 0 saturated heterocycles. The minimum Gasteiger partial charge on any atom is -0.507 e. The summed E-state index contributed by atoms with van der Waals surface area (Å²) in [5, 5.41) is 9.48. The molecule has 4 nitrogen and oxygen atoms in total. The highest BCUT2D eigenvalue weighted by molar-refractivity contribution is 5.92. The SMILES string of the molecule is CCCCCC=CC(C)=O.CCCCCCCCOC(=O)c1ccccc1O. The Balaban J connectivity index is 0.000000621. The van der Waals surface area contributed by atoms with Gasteiger partial charge in [-0.25, -0.2) is 4.79 Å². The molecule has 0 saturated carbocycles. The first-order valence-electron chi connectivity index (χ1n) is 10.6. The number of ketones is 1. The summed E-state index contributed by atoms with van der Waals surface area (Å²) in [7, 11) is 0. The maximum atomic E-state index is 11.6. The maximum absolute atomic E-state index is 11.6. The van der Waals surface area contributed by atoms with Gasteiger partial charge in [0.2, 0.25) is 0 Å². The molecule has 0 aliphatic rings. The molecule has 158 valence electrons. The number of unbranched alkanes of at least 4 members (excludes halogenated alkanes) is 8. The summed E-state index contributed by atoms with van der Waals surface area (Å²) in [4.78, 5) is 22.0. The molecule has 0 spiro atoms. The first-order valence-corrected chi connectivity index (χ1v) is 10.6. The first kappa shape index (κ1) is 25.9. The second kappa shape index (κ2) is 18.3. The van der Waals surface area contributed by atoms with Crippen molar-refractivity contribution in [3.63, 3.8) is 0 Å². The minimum absolute atomic E-state index is 0.0227. The van der Waals surface area contributed by atoms with Crippen molar-refractivity contribution < 1.29 is 19.4 Å².